The summed E-state index contributed by atoms with van der Waals surface area (Å²) in [5.41, 5.74) is 6.47. The third-order valence-electron chi connectivity index (χ3n) is 4.81. The molecular weight excluding hydrogens is 334 g/mol. The fraction of sp³-hybridized carbons (Fsp3) is 0.450. The van der Waals surface area contributed by atoms with Crippen molar-refractivity contribution in [3.8, 4) is 5.69 Å². The van der Waals surface area contributed by atoms with Crippen LogP contribution in [0.25, 0.3) is 5.69 Å². The summed E-state index contributed by atoms with van der Waals surface area (Å²) in [7, 11) is 0. The molecule has 2 N–H and O–H groups in total. The van der Waals surface area contributed by atoms with Gasteiger partial charge in [-0.25, -0.2) is 0 Å². The Hall–Kier alpha value is -1.78. The molecule has 1 aromatic heterocycles. The van der Waals surface area contributed by atoms with Gasteiger partial charge in [-0.2, -0.15) is 0 Å². The van der Waals surface area contributed by atoms with Gasteiger partial charge in [0, 0.05) is 23.1 Å². The predicted octanol–water partition coefficient (Wildman–Crippen LogP) is 3.61. The molecule has 0 saturated carbocycles. The van der Waals surface area contributed by atoms with Crippen LogP contribution in [0.3, 0.4) is 0 Å². The highest BCUT2D eigenvalue weighted by atomic mass is 35.5. The topological polar surface area (TPSA) is 46.1 Å². The zero-order valence-corrected chi connectivity index (χ0v) is 16.3. The minimum atomic E-state index is 0. The Morgan fingerprint density at radius 2 is 1.64 bits per heavy atom. The Morgan fingerprint density at radius 1 is 1.04 bits per heavy atom. The summed E-state index contributed by atoms with van der Waals surface area (Å²) in [6, 6.07) is 8.79. The number of aromatic nitrogens is 1. The summed E-state index contributed by atoms with van der Waals surface area (Å²) in [6.45, 7) is 10.3. The number of halogens is 1. The molecule has 136 valence electrons. The normalized spacial score (nSPS) is 14.9. The van der Waals surface area contributed by atoms with Gasteiger partial charge in [0.25, 0.3) is 5.91 Å². The van der Waals surface area contributed by atoms with E-state index in [4.69, 9.17) is 0 Å². The third kappa shape index (κ3) is 4.25. The van der Waals surface area contributed by atoms with Crippen molar-refractivity contribution in [1.82, 2.24) is 15.2 Å². The molecule has 4 nitrogen and oxygen atoms in total. The van der Waals surface area contributed by atoms with Crippen LogP contribution in [-0.2, 0) is 0 Å². The maximum Gasteiger partial charge on any atom is 0.253 e. The second-order valence-corrected chi connectivity index (χ2v) is 6.96. The van der Waals surface area contributed by atoms with Gasteiger partial charge in [0.2, 0.25) is 0 Å². The van der Waals surface area contributed by atoms with Gasteiger partial charge in [0.05, 0.1) is 5.56 Å². The number of carbonyl (C=O) groups is 1. The highest BCUT2D eigenvalue weighted by Crippen LogP contribution is 2.23. The van der Waals surface area contributed by atoms with E-state index in [0.29, 0.717) is 0 Å². The number of amides is 1. The number of rotatable bonds is 3. The first-order valence-electron chi connectivity index (χ1n) is 8.75. The quantitative estimate of drug-likeness (QED) is 0.877. The number of hydrogen-bond donors (Lipinski definition) is 2. The maximum absolute atomic E-state index is 12.7. The number of nitrogens with zero attached hydrogens (tertiary/aromatic N) is 1. The number of hydrogen-bond acceptors (Lipinski definition) is 2. The number of benzene rings is 1. The molecule has 3 rings (SSSR count). The first-order chi connectivity index (χ1) is 11.5. The molecule has 2 aromatic rings. The Balaban J connectivity index is 0.00000225. The average Bonchev–Trinajstić information content (AvgIpc) is 2.82. The highest BCUT2D eigenvalue weighted by molar-refractivity contribution is 5.96. The first-order valence-corrected chi connectivity index (χ1v) is 8.75. The summed E-state index contributed by atoms with van der Waals surface area (Å²) in [5.74, 6) is 0.0469. The molecule has 1 aromatic carbocycles. The van der Waals surface area contributed by atoms with Gasteiger partial charge < -0.3 is 15.2 Å². The van der Waals surface area contributed by atoms with E-state index in [1.54, 1.807) is 0 Å². The Kier molecular flexibility index (Phi) is 6.31. The van der Waals surface area contributed by atoms with Crippen LogP contribution in [0.15, 0.2) is 24.3 Å². The molecule has 25 heavy (non-hydrogen) atoms. The molecule has 1 aliphatic heterocycles. The molecule has 0 radical (unpaired) electrons. The van der Waals surface area contributed by atoms with Crippen molar-refractivity contribution in [3.63, 3.8) is 0 Å². The smallest absolute Gasteiger partial charge is 0.253 e. The van der Waals surface area contributed by atoms with E-state index in [1.165, 1.54) is 11.1 Å². The number of nitrogens with one attached hydrogen (secondary N) is 2. The van der Waals surface area contributed by atoms with E-state index in [0.717, 1.165) is 48.6 Å². The van der Waals surface area contributed by atoms with Crippen molar-refractivity contribution in [1.29, 1.82) is 0 Å². The van der Waals surface area contributed by atoms with E-state index >= 15 is 0 Å². The molecule has 0 unspecified atom stereocenters. The molecule has 0 spiro atoms. The highest BCUT2D eigenvalue weighted by Gasteiger charge is 2.20. The van der Waals surface area contributed by atoms with E-state index in [1.807, 2.05) is 13.0 Å². The molecule has 1 saturated heterocycles. The van der Waals surface area contributed by atoms with Crippen LogP contribution in [0.4, 0.5) is 0 Å². The second-order valence-electron chi connectivity index (χ2n) is 6.96. The van der Waals surface area contributed by atoms with Crippen molar-refractivity contribution < 1.29 is 4.79 Å². The lowest BCUT2D eigenvalue weighted by atomic mass is 10.1. The molecule has 0 bridgehead atoms. The van der Waals surface area contributed by atoms with E-state index in [2.05, 4.69) is 54.2 Å². The van der Waals surface area contributed by atoms with Gasteiger partial charge in [-0.15, -0.1) is 12.4 Å². The molecule has 2 heterocycles. The van der Waals surface area contributed by atoms with Crippen molar-refractivity contribution in [2.24, 2.45) is 0 Å². The van der Waals surface area contributed by atoms with Crippen molar-refractivity contribution in [3.05, 3.63) is 52.3 Å². The lowest BCUT2D eigenvalue weighted by Gasteiger charge is -2.23. The summed E-state index contributed by atoms with van der Waals surface area (Å²) in [6.07, 6.45) is 2.00. The van der Waals surface area contributed by atoms with Crippen LogP contribution in [-0.4, -0.2) is 29.6 Å². The van der Waals surface area contributed by atoms with Crippen LogP contribution in [0.5, 0.6) is 0 Å². The van der Waals surface area contributed by atoms with Crippen LogP contribution >= 0.6 is 12.4 Å². The number of piperidine rings is 1. The van der Waals surface area contributed by atoms with Crippen LogP contribution in [0.1, 0.15) is 45.7 Å². The molecular formula is C20H28ClN3O. The molecule has 5 heteroatoms. The molecule has 1 aliphatic rings. The standard InChI is InChI=1S/C20H27N3O.ClH/c1-13-9-14(2)11-18(10-13)23-15(3)12-19(16(23)4)20(24)22-17-5-7-21-8-6-17;/h9-12,17,21H,5-8H2,1-4H3,(H,22,24);1H. The Labute approximate surface area is 156 Å². The first kappa shape index (κ1) is 19.5. The summed E-state index contributed by atoms with van der Waals surface area (Å²) >= 11 is 0. The van der Waals surface area contributed by atoms with Gasteiger partial charge in [0.15, 0.2) is 0 Å². The monoisotopic (exact) mass is 361 g/mol. The van der Waals surface area contributed by atoms with E-state index in [9.17, 15) is 4.79 Å². The summed E-state index contributed by atoms with van der Waals surface area (Å²) in [5, 5.41) is 6.53. The Bertz CT molecular complexity index is 740. The number of carbonyl (C=O) groups excluding carboxylic acids is 1. The largest absolute Gasteiger partial charge is 0.349 e. The number of aryl methyl sites for hydroxylation is 3. The molecule has 0 aliphatic carbocycles. The van der Waals surface area contributed by atoms with Crippen molar-refractivity contribution in [2.75, 3.05) is 13.1 Å². The van der Waals surface area contributed by atoms with Crippen LogP contribution in [0, 0.1) is 27.7 Å². The third-order valence-corrected chi connectivity index (χ3v) is 4.81. The summed E-state index contributed by atoms with van der Waals surface area (Å²) < 4.78 is 2.18. The molecule has 1 amide bonds. The zero-order valence-electron chi connectivity index (χ0n) is 15.5. The zero-order chi connectivity index (χ0) is 17.3. The average molecular weight is 362 g/mol. The van der Waals surface area contributed by atoms with Gasteiger partial charge in [-0.3, -0.25) is 4.79 Å². The molecule has 1 fully saturated rings. The van der Waals surface area contributed by atoms with Gasteiger partial charge in [0.1, 0.15) is 0 Å². The van der Waals surface area contributed by atoms with Crippen molar-refractivity contribution in [2.45, 2.75) is 46.6 Å². The maximum atomic E-state index is 12.7. The van der Waals surface area contributed by atoms with E-state index in [-0.39, 0.29) is 24.4 Å². The Morgan fingerprint density at radius 3 is 2.24 bits per heavy atom. The van der Waals surface area contributed by atoms with Crippen LogP contribution in [0.2, 0.25) is 0 Å². The van der Waals surface area contributed by atoms with Crippen molar-refractivity contribution >= 4 is 18.3 Å². The summed E-state index contributed by atoms with van der Waals surface area (Å²) in [4.78, 5) is 12.7. The SMILES string of the molecule is Cc1cc(C)cc(-n2c(C)cc(C(=O)NC3CCNCC3)c2C)c1.Cl. The lowest BCUT2D eigenvalue weighted by Crippen LogP contribution is -2.42. The predicted molar refractivity (Wildman–Crippen MR) is 105 cm³/mol. The van der Waals surface area contributed by atoms with Gasteiger partial charge in [-0.05, 0) is 83.0 Å². The fourth-order valence-corrected chi connectivity index (χ4v) is 3.70. The minimum absolute atomic E-state index is 0. The minimum Gasteiger partial charge on any atom is -0.349 e. The fourth-order valence-electron chi connectivity index (χ4n) is 3.70. The molecule has 0 atom stereocenters. The van der Waals surface area contributed by atoms with Gasteiger partial charge in [-0.1, -0.05) is 6.07 Å². The lowest BCUT2D eigenvalue weighted by molar-refractivity contribution is 0.0929. The van der Waals surface area contributed by atoms with Gasteiger partial charge >= 0.3 is 0 Å². The van der Waals surface area contributed by atoms with E-state index < -0.39 is 0 Å². The van der Waals surface area contributed by atoms with Crippen LogP contribution < -0.4 is 10.6 Å². The second kappa shape index (κ2) is 8.07.